The summed E-state index contributed by atoms with van der Waals surface area (Å²) in [5.74, 6) is -0.224. The average molecular weight is 677 g/mol. The van der Waals surface area contributed by atoms with E-state index in [0.29, 0.717) is 12.8 Å². The maximum absolute atomic E-state index is 12.1. The zero-order valence-corrected chi connectivity index (χ0v) is 33.1. The van der Waals surface area contributed by atoms with Gasteiger partial charge >= 0.3 is 5.97 Å². The summed E-state index contributed by atoms with van der Waals surface area (Å²) in [4.78, 5) is 12.1. The lowest BCUT2D eigenvalue weighted by molar-refractivity contribution is -0.168. The Balaban J connectivity index is 3.27. The number of hydrogen-bond acceptors (Lipinski definition) is 3. The Labute approximate surface area is 302 Å². The molecule has 0 aromatic carbocycles. The highest BCUT2D eigenvalue weighted by Gasteiger charge is 2.10. The molecule has 0 bridgehead atoms. The first kappa shape index (κ1) is 47.2. The van der Waals surface area contributed by atoms with Crippen LogP contribution in [0.2, 0.25) is 0 Å². The van der Waals surface area contributed by atoms with Crippen molar-refractivity contribution in [3.63, 3.8) is 0 Å². The highest BCUT2D eigenvalue weighted by atomic mass is 16.6. The minimum Gasteiger partial charge on any atom is -0.436 e. The van der Waals surface area contributed by atoms with Crippen molar-refractivity contribution in [1.82, 2.24) is 0 Å². The Morgan fingerprint density at radius 3 is 1.02 bits per heavy atom. The van der Waals surface area contributed by atoms with Crippen molar-refractivity contribution in [3.05, 3.63) is 12.2 Å². The summed E-state index contributed by atoms with van der Waals surface area (Å²) in [6, 6.07) is 0. The molecule has 1 unspecified atom stereocenters. The standard InChI is InChI=1S/C45H88O3/c1-3-5-7-9-11-13-15-17-19-21-23-24-25-27-29-31-33-35-37-39-41-43-45(47)48-44(46)42-40-38-36-34-32-30-28-26-22-20-18-16-14-12-10-8-6-4-2/h17,19,44,46H,3-16,18,20-43H2,1-2H3. The van der Waals surface area contributed by atoms with Gasteiger partial charge in [-0.2, -0.15) is 0 Å². The number of esters is 1. The monoisotopic (exact) mass is 677 g/mol. The van der Waals surface area contributed by atoms with Crippen LogP contribution in [0.3, 0.4) is 0 Å². The Bertz CT molecular complexity index is 630. The molecule has 0 aliphatic heterocycles. The molecule has 0 aliphatic carbocycles. The first-order valence-corrected chi connectivity index (χ1v) is 22.2. The third kappa shape index (κ3) is 41.3. The van der Waals surface area contributed by atoms with Gasteiger partial charge in [-0.05, 0) is 38.5 Å². The van der Waals surface area contributed by atoms with Gasteiger partial charge in [-0.15, -0.1) is 0 Å². The second-order valence-electron chi connectivity index (χ2n) is 15.2. The van der Waals surface area contributed by atoms with Gasteiger partial charge in [-0.25, -0.2) is 0 Å². The molecule has 3 nitrogen and oxygen atoms in total. The second-order valence-corrected chi connectivity index (χ2v) is 15.2. The predicted molar refractivity (Wildman–Crippen MR) is 213 cm³/mol. The molecule has 0 aromatic rings. The number of carbonyl (C=O) groups is 1. The topological polar surface area (TPSA) is 46.5 Å². The fourth-order valence-corrected chi connectivity index (χ4v) is 6.89. The van der Waals surface area contributed by atoms with Gasteiger partial charge in [-0.1, -0.05) is 225 Å². The number of unbranched alkanes of at least 4 members (excludes halogenated alkanes) is 34. The van der Waals surface area contributed by atoms with Crippen molar-refractivity contribution in [2.24, 2.45) is 0 Å². The molecule has 48 heavy (non-hydrogen) atoms. The molecule has 0 rings (SSSR count). The highest BCUT2D eigenvalue weighted by molar-refractivity contribution is 5.69. The number of allylic oxidation sites excluding steroid dienone is 2. The molecule has 1 N–H and O–H groups in total. The van der Waals surface area contributed by atoms with Gasteiger partial charge in [-0.3, -0.25) is 4.79 Å². The lowest BCUT2D eigenvalue weighted by atomic mass is 10.0. The van der Waals surface area contributed by atoms with E-state index in [1.54, 1.807) is 0 Å². The summed E-state index contributed by atoms with van der Waals surface area (Å²) in [6.07, 6.45) is 54.3. The number of aliphatic hydroxyl groups excluding tert-OH is 1. The van der Waals surface area contributed by atoms with E-state index in [0.717, 1.165) is 25.7 Å². The van der Waals surface area contributed by atoms with Crippen molar-refractivity contribution < 1.29 is 14.6 Å². The van der Waals surface area contributed by atoms with E-state index in [4.69, 9.17) is 4.74 Å². The first-order chi connectivity index (χ1) is 23.7. The number of ether oxygens (including phenoxy) is 1. The highest BCUT2D eigenvalue weighted by Crippen LogP contribution is 2.16. The lowest BCUT2D eigenvalue weighted by Crippen LogP contribution is -2.17. The van der Waals surface area contributed by atoms with E-state index in [1.807, 2.05) is 0 Å². The molecule has 0 fully saturated rings. The smallest absolute Gasteiger partial charge is 0.308 e. The maximum Gasteiger partial charge on any atom is 0.308 e. The molecular weight excluding hydrogens is 588 g/mol. The summed E-state index contributed by atoms with van der Waals surface area (Å²) in [7, 11) is 0. The van der Waals surface area contributed by atoms with Gasteiger partial charge < -0.3 is 9.84 Å². The molecular formula is C45H88O3. The number of aliphatic hydroxyl groups is 1. The van der Waals surface area contributed by atoms with Crippen LogP contribution in [-0.2, 0) is 9.53 Å². The average Bonchev–Trinajstić information content (AvgIpc) is 3.08. The molecule has 1 atom stereocenters. The van der Waals surface area contributed by atoms with Gasteiger partial charge in [0.15, 0.2) is 0 Å². The minimum atomic E-state index is -0.912. The van der Waals surface area contributed by atoms with Gasteiger partial charge in [0.2, 0.25) is 6.29 Å². The zero-order valence-electron chi connectivity index (χ0n) is 33.1. The maximum atomic E-state index is 12.1. The quantitative estimate of drug-likeness (QED) is 0.0303. The van der Waals surface area contributed by atoms with Crippen LogP contribution in [0, 0.1) is 0 Å². The molecule has 0 aromatic heterocycles. The summed E-state index contributed by atoms with van der Waals surface area (Å²) in [6.45, 7) is 4.57. The Morgan fingerprint density at radius 1 is 0.417 bits per heavy atom. The van der Waals surface area contributed by atoms with Crippen LogP contribution in [-0.4, -0.2) is 17.4 Å². The molecule has 0 radical (unpaired) electrons. The molecule has 286 valence electrons. The van der Waals surface area contributed by atoms with Crippen molar-refractivity contribution >= 4 is 5.97 Å². The van der Waals surface area contributed by atoms with Crippen LogP contribution in [0.1, 0.15) is 264 Å². The normalized spacial score (nSPS) is 12.3. The summed E-state index contributed by atoms with van der Waals surface area (Å²) >= 11 is 0. The molecule has 0 spiro atoms. The lowest BCUT2D eigenvalue weighted by Gasteiger charge is -2.12. The second kappa shape index (κ2) is 42.3. The Morgan fingerprint density at radius 2 is 0.688 bits per heavy atom. The van der Waals surface area contributed by atoms with E-state index in [-0.39, 0.29) is 5.97 Å². The van der Waals surface area contributed by atoms with Crippen LogP contribution in [0.5, 0.6) is 0 Å². The van der Waals surface area contributed by atoms with Gasteiger partial charge in [0.1, 0.15) is 0 Å². The van der Waals surface area contributed by atoms with E-state index >= 15 is 0 Å². The summed E-state index contributed by atoms with van der Waals surface area (Å²) < 4.78 is 5.24. The first-order valence-electron chi connectivity index (χ1n) is 22.2. The molecule has 0 aliphatic rings. The molecule has 0 amide bonds. The molecule has 0 saturated carbocycles. The SMILES string of the molecule is CCCCCCCCC=CCCCCCCCCCCCCCC(=O)OC(O)CCCCCCCCCCCCCCCCCCCC. The molecule has 0 saturated heterocycles. The number of hydrogen-bond donors (Lipinski definition) is 1. The largest absolute Gasteiger partial charge is 0.436 e. The van der Waals surface area contributed by atoms with Crippen molar-refractivity contribution in [1.29, 1.82) is 0 Å². The fraction of sp³-hybridized carbons (Fsp3) is 0.933. The summed E-state index contributed by atoms with van der Waals surface area (Å²) in [5.41, 5.74) is 0. The molecule has 3 heteroatoms. The van der Waals surface area contributed by atoms with Crippen molar-refractivity contribution in [2.45, 2.75) is 271 Å². The molecule has 0 heterocycles. The minimum absolute atomic E-state index is 0.224. The van der Waals surface area contributed by atoms with Crippen LogP contribution in [0.4, 0.5) is 0 Å². The third-order valence-corrected chi connectivity index (χ3v) is 10.2. The van der Waals surface area contributed by atoms with Crippen LogP contribution in [0.15, 0.2) is 12.2 Å². The summed E-state index contributed by atoms with van der Waals surface area (Å²) in [5, 5.41) is 10.1. The van der Waals surface area contributed by atoms with Gasteiger partial charge in [0.05, 0.1) is 0 Å². The van der Waals surface area contributed by atoms with Crippen LogP contribution >= 0.6 is 0 Å². The van der Waals surface area contributed by atoms with Crippen LogP contribution in [0.25, 0.3) is 0 Å². The van der Waals surface area contributed by atoms with Crippen LogP contribution < -0.4 is 0 Å². The number of rotatable bonds is 41. The zero-order chi connectivity index (χ0) is 34.9. The van der Waals surface area contributed by atoms with Crippen molar-refractivity contribution in [2.75, 3.05) is 0 Å². The van der Waals surface area contributed by atoms with Crippen molar-refractivity contribution in [3.8, 4) is 0 Å². The Kier molecular flexibility index (Phi) is 41.6. The Hall–Kier alpha value is -0.830. The van der Waals surface area contributed by atoms with E-state index in [9.17, 15) is 9.90 Å². The van der Waals surface area contributed by atoms with E-state index in [1.165, 1.54) is 212 Å². The number of carbonyl (C=O) groups excluding carboxylic acids is 1. The third-order valence-electron chi connectivity index (χ3n) is 10.2. The fourth-order valence-electron chi connectivity index (χ4n) is 6.89. The van der Waals surface area contributed by atoms with E-state index in [2.05, 4.69) is 26.0 Å². The van der Waals surface area contributed by atoms with Gasteiger partial charge in [0, 0.05) is 12.8 Å². The van der Waals surface area contributed by atoms with Gasteiger partial charge in [0.25, 0.3) is 0 Å². The predicted octanol–water partition coefficient (Wildman–Crippen LogP) is 15.7. The van der Waals surface area contributed by atoms with E-state index < -0.39 is 6.29 Å².